The van der Waals surface area contributed by atoms with Crippen molar-refractivity contribution in [1.29, 1.82) is 0 Å². The van der Waals surface area contributed by atoms with Crippen molar-refractivity contribution in [2.75, 3.05) is 31.4 Å². The number of fused-ring (bicyclic) bond motifs is 1. The lowest BCUT2D eigenvalue weighted by Gasteiger charge is -2.22. The largest absolute Gasteiger partial charge is 0.510 e. The van der Waals surface area contributed by atoms with Gasteiger partial charge < -0.3 is 48.6 Å². The number of aliphatic hydroxyl groups is 2. The molecule has 0 amide bonds. The first-order valence-electron chi connectivity index (χ1n) is 15.3. The molecule has 2 aromatic rings. The molecule has 3 heterocycles. The van der Waals surface area contributed by atoms with Crippen LogP contribution in [0, 0.1) is 0 Å². The summed E-state index contributed by atoms with van der Waals surface area (Å²) in [7, 11) is -9.64. The van der Waals surface area contributed by atoms with Crippen LogP contribution in [0.15, 0.2) is 6.20 Å². The Balaban J connectivity index is 1.41. The standard InChI is InChI=1S/C26H40ClN5O15P2/c1-14(2)45-25(35)40-11-43-49(39,44-12-41-26(36)46-15(3)4)13-48(37,38)42-10-18-19(33)20(34)21(47-18)17-9-28-23-22(29-16-7-5-6-8-16)30-24(27)31-32(17)23/h9,14-16,18-21,33-34H,5-8,10-13H2,1-4H3,(H,37,38)(H,29,30,31)/t18-,19-,20-,21+/m1/s1. The first kappa shape index (κ1) is 39.2. The lowest BCUT2D eigenvalue weighted by Crippen LogP contribution is -2.33. The third kappa shape index (κ3) is 11.2. The number of ether oxygens (including phenoxy) is 5. The number of carbonyl (C=O) groups is 2. The van der Waals surface area contributed by atoms with Crippen molar-refractivity contribution in [3.63, 3.8) is 0 Å². The third-order valence-electron chi connectivity index (χ3n) is 7.02. The van der Waals surface area contributed by atoms with E-state index in [2.05, 4.69) is 29.9 Å². The van der Waals surface area contributed by atoms with Crippen LogP contribution in [0.2, 0.25) is 5.28 Å². The molecule has 2 fully saturated rings. The van der Waals surface area contributed by atoms with Crippen LogP contribution in [-0.2, 0) is 46.4 Å². The van der Waals surface area contributed by atoms with Crippen LogP contribution < -0.4 is 5.32 Å². The summed E-state index contributed by atoms with van der Waals surface area (Å²) in [5.41, 5.74) is 0.503. The van der Waals surface area contributed by atoms with Crippen LogP contribution in [0.3, 0.4) is 0 Å². The second kappa shape index (κ2) is 17.0. The van der Waals surface area contributed by atoms with Crippen molar-refractivity contribution >= 4 is 50.6 Å². The number of hydrogen-bond donors (Lipinski definition) is 4. The van der Waals surface area contributed by atoms with Crippen LogP contribution >= 0.6 is 26.8 Å². The molecule has 0 bridgehead atoms. The Bertz CT molecular complexity index is 1510. The van der Waals surface area contributed by atoms with E-state index in [9.17, 15) is 33.8 Å². The van der Waals surface area contributed by atoms with Gasteiger partial charge in [-0.2, -0.15) is 4.98 Å². The summed E-state index contributed by atoms with van der Waals surface area (Å²) in [6.07, 6.45) is -3.87. The van der Waals surface area contributed by atoms with Crippen molar-refractivity contribution in [3.8, 4) is 0 Å². The second-order valence-corrected chi connectivity index (χ2v) is 16.4. The van der Waals surface area contributed by atoms with Gasteiger partial charge in [0.2, 0.25) is 18.9 Å². The first-order chi connectivity index (χ1) is 23.1. The Morgan fingerprint density at radius 1 is 1.02 bits per heavy atom. The SMILES string of the molecule is CC(C)OC(=O)OCOP(=O)(CP(=O)(O)OC[C@H]1O[C@@H](c2cnc3c(NC4CCCC4)nc(Cl)nn23)[C@H](O)[C@@H]1O)OCOC(=O)OC(C)C. The van der Waals surface area contributed by atoms with Crippen molar-refractivity contribution in [2.45, 2.75) is 96.0 Å². The molecular formula is C26H40ClN5O15P2. The van der Waals surface area contributed by atoms with E-state index in [0.29, 0.717) is 11.5 Å². The molecule has 0 radical (unpaired) electrons. The Morgan fingerprint density at radius 3 is 2.18 bits per heavy atom. The van der Waals surface area contributed by atoms with Gasteiger partial charge in [0.15, 0.2) is 17.4 Å². The van der Waals surface area contributed by atoms with E-state index < -0.39 is 90.2 Å². The van der Waals surface area contributed by atoms with Gasteiger partial charge in [-0.3, -0.25) is 18.2 Å². The van der Waals surface area contributed by atoms with E-state index in [-0.39, 0.29) is 17.0 Å². The lowest BCUT2D eigenvalue weighted by atomic mass is 10.1. The highest BCUT2D eigenvalue weighted by Gasteiger charge is 2.47. The number of rotatable bonds is 16. The summed E-state index contributed by atoms with van der Waals surface area (Å²) < 4.78 is 67.4. The van der Waals surface area contributed by atoms with E-state index in [0.717, 1.165) is 25.7 Å². The van der Waals surface area contributed by atoms with Crippen molar-refractivity contribution < 1.29 is 71.1 Å². The van der Waals surface area contributed by atoms with Gasteiger partial charge in [-0.1, -0.05) is 12.8 Å². The van der Waals surface area contributed by atoms with Crippen molar-refractivity contribution in [3.05, 3.63) is 17.2 Å². The molecule has 0 spiro atoms. The zero-order valence-electron chi connectivity index (χ0n) is 27.1. The van der Waals surface area contributed by atoms with Gasteiger partial charge in [0.05, 0.1) is 30.7 Å². The fourth-order valence-electron chi connectivity index (χ4n) is 4.89. The maximum atomic E-state index is 13.4. The summed E-state index contributed by atoms with van der Waals surface area (Å²) in [6.45, 7) is 3.32. The highest BCUT2D eigenvalue weighted by Crippen LogP contribution is 2.61. The zero-order chi connectivity index (χ0) is 35.9. The molecule has 5 atom stereocenters. The lowest BCUT2D eigenvalue weighted by molar-refractivity contribution is -0.0300. The Morgan fingerprint density at radius 2 is 1.61 bits per heavy atom. The average molecular weight is 760 g/mol. The molecule has 49 heavy (non-hydrogen) atoms. The van der Waals surface area contributed by atoms with Crippen LogP contribution in [-0.4, -0.2) is 110 Å². The number of halogens is 1. The maximum absolute atomic E-state index is 13.4. The number of hydrogen-bond acceptors (Lipinski definition) is 18. The molecule has 2 aromatic heterocycles. The number of nitrogens with zero attached hydrogens (tertiary/aromatic N) is 4. The van der Waals surface area contributed by atoms with Gasteiger partial charge in [0, 0.05) is 6.04 Å². The molecule has 1 saturated heterocycles. The topological polar surface area (TPSA) is 258 Å². The van der Waals surface area contributed by atoms with E-state index in [1.165, 1.54) is 10.7 Å². The van der Waals surface area contributed by atoms with Crippen LogP contribution in [0.5, 0.6) is 0 Å². The molecule has 4 N–H and O–H groups in total. The highest BCUT2D eigenvalue weighted by atomic mass is 35.5. The van der Waals surface area contributed by atoms with Crippen molar-refractivity contribution in [1.82, 2.24) is 19.6 Å². The predicted octanol–water partition coefficient (Wildman–Crippen LogP) is 3.72. The number of anilines is 1. The third-order valence-corrected chi connectivity index (χ3v) is 11.5. The van der Waals surface area contributed by atoms with Gasteiger partial charge in [0.25, 0.3) is 0 Å². The molecule has 1 unspecified atom stereocenters. The molecule has 4 rings (SSSR count). The molecule has 1 saturated carbocycles. The first-order valence-corrected chi connectivity index (χ1v) is 19.1. The summed E-state index contributed by atoms with van der Waals surface area (Å²) in [5.74, 6) is -0.940. The number of aliphatic hydroxyl groups excluding tert-OH is 2. The summed E-state index contributed by atoms with van der Waals surface area (Å²) in [5, 5.41) is 29.0. The molecule has 2 aliphatic rings. The van der Waals surface area contributed by atoms with Gasteiger partial charge in [0.1, 0.15) is 24.4 Å². The Labute approximate surface area is 285 Å². The Hall–Kier alpha value is -2.64. The van der Waals surface area contributed by atoms with Gasteiger partial charge in [-0.05, 0) is 52.1 Å². The second-order valence-electron chi connectivity index (χ2n) is 11.7. The van der Waals surface area contributed by atoms with Crippen molar-refractivity contribution in [2.24, 2.45) is 0 Å². The molecular weight excluding hydrogens is 720 g/mol. The molecule has 1 aliphatic carbocycles. The van der Waals surface area contributed by atoms with E-state index in [1.807, 2.05) is 0 Å². The summed E-state index contributed by atoms with van der Waals surface area (Å²) in [4.78, 5) is 42.5. The normalized spacial score (nSPS) is 22.8. The fraction of sp³-hybridized carbons (Fsp3) is 0.731. The molecule has 1 aliphatic heterocycles. The van der Waals surface area contributed by atoms with Gasteiger partial charge in [-0.25, -0.2) is 19.1 Å². The van der Waals surface area contributed by atoms with Crippen LogP contribution in [0.4, 0.5) is 15.4 Å². The summed E-state index contributed by atoms with van der Waals surface area (Å²) >= 11 is 6.18. The minimum Gasteiger partial charge on any atom is -0.432 e. The molecule has 23 heteroatoms. The zero-order valence-corrected chi connectivity index (χ0v) is 29.6. The maximum Gasteiger partial charge on any atom is 0.510 e. The van der Waals surface area contributed by atoms with Gasteiger partial charge in [-0.15, -0.1) is 5.10 Å². The monoisotopic (exact) mass is 759 g/mol. The van der Waals surface area contributed by atoms with E-state index in [4.69, 9.17) is 39.4 Å². The minimum atomic E-state index is -4.93. The van der Waals surface area contributed by atoms with Crippen LogP contribution in [0.1, 0.15) is 65.2 Å². The molecule has 0 aromatic carbocycles. The average Bonchev–Trinajstić information content (AvgIpc) is 3.71. The van der Waals surface area contributed by atoms with E-state index >= 15 is 0 Å². The van der Waals surface area contributed by atoms with E-state index in [1.54, 1.807) is 27.7 Å². The number of imidazole rings is 1. The quantitative estimate of drug-likeness (QED) is 0.108. The summed E-state index contributed by atoms with van der Waals surface area (Å²) in [6, 6.07) is 0.176. The Kier molecular flexibility index (Phi) is 13.6. The van der Waals surface area contributed by atoms with Crippen LogP contribution in [0.25, 0.3) is 5.65 Å². The van der Waals surface area contributed by atoms with Gasteiger partial charge >= 0.3 is 27.5 Å². The smallest absolute Gasteiger partial charge is 0.432 e. The number of aromatic nitrogens is 4. The number of carbonyl (C=O) groups excluding carboxylic acids is 2. The number of nitrogens with one attached hydrogen (secondary N) is 1. The fourth-order valence-corrected chi connectivity index (χ4v) is 8.66. The highest BCUT2D eigenvalue weighted by molar-refractivity contribution is 7.70. The molecule has 20 nitrogen and oxygen atoms in total. The predicted molar refractivity (Wildman–Crippen MR) is 167 cm³/mol. The minimum absolute atomic E-state index is 0.111. The molecule has 276 valence electrons.